The zero-order valence-corrected chi connectivity index (χ0v) is 21.5. The highest BCUT2D eigenvalue weighted by atomic mass is 32.2. The Bertz CT molecular complexity index is 1640. The topological polar surface area (TPSA) is 115 Å². The molecule has 8 nitrogen and oxygen atoms in total. The second-order valence-corrected chi connectivity index (χ2v) is 10.4. The molecule has 10 heteroatoms. The average Bonchev–Trinajstić information content (AvgIpc) is 2.91. The van der Waals surface area contributed by atoms with Gasteiger partial charge in [-0.05, 0) is 42.8 Å². The fourth-order valence-corrected chi connectivity index (χ4v) is 6.63. The first-order valence-corrected chi connectivity index (χ1v) is 13.2. The van der Waals surface area contributed by atoms with Gasteiger partial charge in [-0.3, -0.25) is 4.31 Å². The molecular formula is C28H24FN3O5S. The van der Waals surface area contributed by atoms with E-state index >= 15 is 0 Å². The fourth-order valence-electron chi connectivity index (χ4n) is 4.73. The van der Waals surface area contributed by atoms with E-state index in [9.17, 15) is 18.1 Å². The molecule has 0 bridgehead atoms. The lowest BCUT2D eigenvalue weighted by Gasteiger charge is -2.38. The Labute approximate surface area is 220 Å². The summed E-state index contributed by atoms with van der Waals surface area (Å²) in [4.78, 5) is -0.162. The Morgan fingerprint density at radius 1 is 1.11 bits per heavy atom. The molecule has 0 spiro atoms. The highest BCUT2D eigenvalue weighted by Gasteiger charge is 2.47. The normalized spacial score (nSPS) is 17.7. The molecule has 5 rings (SSSR count). The zero-order chi connectivity index (χ0) is 27.0. The van der Waals surface area contributed by atoms with Crippen molar-refractivity contribution < 1.29 is 27.0 Å². The van der Waals surface area contributed by atoms with Gasteiger partial charge in [0.2, 0.25) is 5.88 Å². The number of nitrogens with two attached hydrogens (primary N) is 1. The van der Waals surface area contributed by atoms with Crippen LogP contribution in [-0.4, -0.2) is 22.1 Å². The maximum absolute atomic E-state index is 14.6. The number of halogens is 1. The Morgan fingerprint density at radius 3 is 2.55 bits per heavy atom. The Kier molecular flexibility index (Phi) is 6.46. The minimum absolute atomic E-state index is 0.0275. The van der Waals surface area contributed by atoms with Crippen LogP contribution in [0.4, 0.5) is 10.1 Å². The van der Waals surface area contributed by atoms with Crippen LogP contribution in [0.5, 0.6) is 11.5 Å². The first kappa shape index (κ1) is 25.2. The summed E-state index contributed by atoms with van der Waals surface area (Å²) in [7, 11) is -2.88. The third-order valence-electron chi connectivity index (χ3n) is 6.45. The number of hydrogen-bond acceptors (Lipinski definition) is 7. The number of benzene rings is 3. The molecule has 38 heavy (non-hydrogen) atoms. The van der Waals surface area contributed by atoms with Crippen LogP contribution >= 0.6 is 0 Å². The van der Waals surface area contributed by atoms with E-state index in [4.69, 9.17) is 19.9 Å². The van der Waals surface area contributed by atoms with E-state index < -0.39 is 21.8 Å². The summed E-state index contributed by atoms with van der Waals surface area (Å²) in [6, 6.07) is 19.7. The summed E-state index contributed by atoms with van der Waals surface area (Å²) < 4.78 is 61.4. The molecule has 3 aromatic carbocycles. The van der Waals surface area contributed by atoms with E-state index in [1.54, 1.807) is 48.5 Å². The predicted octanol–water partition coefficient (Wildman–Crippen LogP) is 4.76. The molecule has 0 aromatic heterocycles. The van der Waals surface area contributed by atoms with Crippen LogP contribution < -0.4 is 19.5 Å². The molecule has 194 valence electrons. The van der Waals surface area contributed by atoms with Gasteiger partial charge in [-0.2, -0.15) is 5.26 Å². The summed E-state index contributed by atoms with van der Waals surface area (Å²) in [5, 5.41) is 10.0. The fraction of sp³-hybridized carbons (Fsp3) is 0.179. The van der Waals surface area contributed by atoms with Gasteiger partial charge in [0.25, 0.3) is 10.0 Å². The number of sulfonamides is 1. The van der Waals surface area contributed by atoms with Crippen molar-refractivity contribution in [1.82, 2.24) is 0 Å². The number of rotatable bonds is 6. The molecule has 0 fully saturated rings. The van der Waals surface area contributed by atoms with Crippen LogP contribution in [0.2, 0.25) is 0 Å². The van der Waals surface area contributed by atoms with Crippen LogP contribution in [0, 0.1) is 17.1 Å². The maximum Gasteiger partial charge on any atom is 0.265 e. The van der Waals surface area contributed by atoms with Gasteiger partial charge in [0.05, 0.1) is 31.9 Å². The monoisotopic (exact) mass is 533 g/mol. The van der Waals surface area contributed by atoms with Gasteiger partial charge in [0.1, 0.15) is 22.4 Å². The predicted molar refractivity (Wildman–Crippen MR) is 140 cm³/mol. The molecular weight excluding hydrogens is 509 g/mol. The number of allylic oxidation sites excluding steroid dienone is 2. The lowest BCUT2D eigenvalue weighted by Crippen LogP contribution is -2.39. The molecule has 2 aliphatic heterocycles. The van der Waals surface area contributed by atoms with Gasteiger partial charge >= 0.3 is 0 Å². The molecule has 0 aliphatic carbocycles. The first-order valence-electron chi connectivity index (χ1n) is 11.8. The van der Waals surface area contributed by atoms with Crippen molar-refractivity contribution >= 4 is 21.5 Å². The van der Waals surface area contributed by atoms with E-state index in [2.05, 4.69) is 0 Å². The van der Waals surface area contributed by atoms with E-state index in [-0.39, 0.29) is 34.2 Å². The van der Waals surface area contributed by atoms with E-state index in [0.29, 0.717) is 34.9 Å². The first-order chi connectivity index (χ1) is 18.3. The number of methoxy groups -OCH3 is 1. The largest absolute Gasteiger partial charge is 0.493 e. The Hall–Kier alpha value is -4.49. The highest BCUT2D eigenvalue weighted by molar-refractivity contribution is 7.96. The molecule has 0 saturated carbocycles. The second kappa shape index (κ2) is 9.76. The standard InChI is InChI=1S/C28H24FN3O5S/c1-3-36-23-13-12-17(14-24(23)35-2)25-20(15-30)28(31)37-26-19-9-5-7-11-22(19)32(38(33,34)27(25)26)16-18-8-4-6-10-21(18)29/h4-14,25H,3,16,31H2,1-2H3/t25-/m0/s1. The highest BCUT2D eigenvalue weighted by Crippen LogP contribution is 2.52. The lowest BCUT2D eigenvalue weighted by molar-refractivity contribution is 0.310. The maximum atomic E-state index is 14.6. The van der Waals surface area contributed by atoms with E-state index in [1.165, 1.54) is 25.3 Å². The number of ether oxygens (including phenoxy) is 3. The molecule has 1 atom stereocenters. The van der Waals surface area contributed by atoms with Crippen LogP contribution in [-0.2, 0) is 21.3 Å². The van der Waals surface area contributed by atoms with Crippen molar-refractivity contribution in [2.24, 2.45) is 5.73 Å². The zero-order valence-electron chi connectivity index (χ0n) is 20.6. The molecule has 2 aliphatic rings. The molecule has 0 radical (unpaired) electrons. The van der Waals surface area contributed by atoms with Gasteiger partial charge in [0.15, 0.2) is 17.3 Å². The molecule has 0 saturated heterocycles. The molecule has 3 aromatic rings. The number of hydrogen-bond donors (Lipinski definition) is 1. The minimum Gasteiger partial charge on any atom is -0.493 e. The molecule has 0 amide bonds. The van der Waals surface area contributed by atoms with Crippen LogP contribution in [0.15, 0.2) is 83.1 Å². The second-order valence-electron chi connectivity index (χ2n) is 8.58. The number of para-hydroxylation sites is 1. The summed E-state index contributed by atoms with van der Waals surface area (Å²) in [6.45, 7) is 1.97. The van der Waals surface area contributed by atoms with Crippen molar-refractivity contribution in [1.29, 1.82) is 5.26 Å². The van der Waals surface area contributed by atoms with Crippen LogP contribution in [0.3, 0.4) is 0 Å². The Morgan fingerprint density at radius 2 is 1.84 bits per heavy atom. The quantitative estimate of drug-likeness (QED) is 0.486. The van der Waals surface area contributed by atoms with Crippen molar-refractivity contribution in [3.63, 3.8) is 0 Å². The van der Waals surface area contributed by atoms with Gasteiger partial charge in [-0.15, -0.1) is 0 Å². The summed E-state index contributed by atoms with van der Waals surface area (Å²) >= 11 is 0. The number of nitriles is 1. The average molecular weight is 534 g/mol. The molecule has 0 unspecified atom stereocenters. The number of nitrogens with zero attached hydrogens (tertiary/aromatic N) is 2. The smallest absolute Gasteiger partial charge is 0.265 e. The van der Waals surface area contributed by atoms with Gasteiger partial charge in [-0.1, -0.05) is 36.4 Å². The SMILES string of the molecule is CCOc1ccc([C@H]2C(C#N)=C(N)OC3=C2S(=O)(=O)N(Cc2ccccc2F)c2ccccc23)cc1OC. The van der Waals surface area contributed by atoms with Crippen molar-refractivity contribution in [2.45, 2.75) is 19.4 Å². The number of fused-ring (bicyclic) bond motifs is 2. The molecule has 2 heterocycles. The minimum atomic E-state index is -4.35. The van der Waals surface area contributed by atoms with Gasteiger partial charge < -0.3 is 19.9 Å². The van der Waals surface area contributed by atoms with Gasteiger partial charge in [0, 0.05) is 11.1 Å². The number of anilines is 1. The lowest BCUT2D eigenvalue weighted by atomic mass is 9.88. The summed E-state index contributed by atoms with van der Waals surface area (Å²) in [5.41, 5.74) is 7.52. The summed E-state index contributed by atoms with van der Waals surface area (Å²) in [5.74, 6) is -0.972. The van der Waals surface area contributed by atoms with E-state index in [1.807, 2.05) is 13.0 Å². The van der Waals surface area contributed by atoms with Gasteiger partial charge in [-0.25, -0.2) is 12.8 Å². The van der Waals surface area contributed by atoms with Crippen molar-refractivity contribution in [3.8, 4) is 17.6 Å². The van der Waals surface area contributed by atoms with Crippen LogP contribution in [0.1, 0.15) is 29.5 Å². The third kappa shape index (κ3) is 4.01. The van der Waals surface area contributed by atoms with Crippen LogP contribution in [0.25, 0.3) is 5.76 Å². The molecule has 2 N–H and O–H groups in total. The summed E-state index contributed by atoms with van der Waals surface area (Å²) in [6.07, 6.45) is 0. The van der Waals surface area contributed by atoms with Crippen molar-refractivity contribution in [3.05, 3.63) is 106 Å². The van der Waals surface area contributed by atoms with E-state index in [0.717, 1.165) is 4.31 Å². The Balaban J connectivity index is 1.75. The van der Waals surface area contributed by atoms with Crippen molar-refractivity contribution in [2.75, 3.05) is 18.0 Å². The third-order valence-corrected chi connectivity index (χ3v) is 8.33.